The van der Waals surface area contributed by atoms with E-state index in [1.807, 2.05) is 0 Å². The number of hydrogen-bond donors (Lipinski definition) is 0. The molecule has 0 saturated heterocycles. The lowest BCUT2D eigenvalue weighted by molar-refractivity contribution is 0.538. The summed E-state index contributed by atoms with van der Waals surface area (Å²) in [6.45, 7) is 4.57. The first-order chi connectivity index (χ1) is 8.86. The fourth-order valence-corrected chi connectivity index (χ4v) is 2.26. The minimum Gasteiger partial charge on any atom is -0.0882 e. The van der Waals surface area contributed by atoms with Gasteiger partial charge >= 0.3 is 0 Å². The van der Waals surface area contributed by atoms with E-state index in [1.165, 1.54) is 50.5 Å². The number of aryl methyl sites for hydroxylation is 1. The Morgan fingerprint density at radius 3 is 2.50 bits per heavy atom. The summed E-state index contributed by atoms with van der Waals surface area (Å²) in [5.74, 6) is 0.807. The molecular formula is C18H28. The zero-order valence-corrected chi connectivity index (χ0v) is 12.1. The Bertz CT molecular complexity index is 310. The van der Waals surface area contributed by atoms with Gasteiger partial charge in [0, 0.05) is 0 Å². The Morgan fingerprint density at radius 1 is 1.06 bits per heavy atom. The summed E-state index contributed by atoms with van der Waals surface area (Å²) < 4.78 is 0. The molecule has 0 nitrogen and oxygen atoms in total. The Morgan fingerprint density at radius 2 is 1.83 bits per heavy atom. The molecule has 1 rings (SSSR count). The molecule has 0 amide bonds. The smallest absolute Gasteiger partial charge is 0.0236 e. The van der Waals surface area contributed by atoms with Gasteiger partial charge in [-0.15, -0.1) is 0 Å². The molecule has 1 aromatic rings. The molecule has 0 radical (unpaired) electrons. The molecule has 0 unspecified atom stereocenters. The van der Waals surface area contributed by atoms with Gasteiger partial charge in [-0.3, -0.25) is 0 Å². The second-order valence-corrected chi connectivity index (χ2v) is 5.12. The molecule has 0 heterocycles. The normalized spacial score (nSPS) is 13.0. The molecule has 0 aliphatic carbocycles. The highest BCUT2D eigenvalue weighted by Crippen LogP contribution is 2.14. The highest BCUT2D eigenvalue weighted by atomic mass is 14.1. The van der Waals surface area contributed by atoms with Crippen LogP contribution in [-0.4, -0.2) is 0 Å². The standard InChI is InChI=1S/C18H28/c1-3-5-12-17(4-2)13-8-6-9-14-18-15-10-7-11-16-18/h7-8,10-11,13,15-17H,3-6,9,12,14H2,1-2H3/b13-8+/t17-/m0/s1. The average Bonchev–Trinajstić information content (AvgIpc) is 2.43. The molecule has 0 heteroatoms. The lowest BCUT2D eigenvalue weighted by Crippen LogP contribution is -1.93. The first kappa shape index (κ1) is 15.0. The lowest BCUT2D eigenvalue weighted by Gasteiger charge is -2.08. The van der Waals surface area contributed by atoms with Crippen LogP contribution in [0.5, 0.6) is 0 Å². The SMILES string of the molecule is CCCC[C@@H](/C=C/CCCc1ccccc1)CC. The van der Waals surface area contributed by atoms with E-state index < -0.39 is 0 Å². The van der Waals surface area contributed by atoms with Gasteiger partial charge in [-0.05, 0) is 43.6 Å². The van der Waals surface area contributed by atoms with Gasteiger partial charge in [-0.1, -0.05) is 69.2 Å². The Labute approximate surface area is 113 Å². The summed E-state index contributed by atoms with van der Waals surface area (Å²) in [5, 5.41) is 0. The Balaban J connectivity index is 2.16. The van der Waals surface area contributed by atoms with Crippen LogP contribution in [-0.2, 0) is 6.42 Å². The van der Waals surface area contributed by atoms with E-state index >= 15 is 0 Å². The summed E-state index contributed by atoms with van der Waals surface area (Å²) in [5.41, 5.74) is 1.46. The first-order valence-corrected chi connectivity index (χ1v) is 7.57. The molecule has 0 N–H and O–H groups in total. The van der Waals surface area contributed by atoms with E-state index in [1.54, 1.807) is 0 Å². The van der Waals surface area contributed by atoms with Crippen molar-refractivity contribution in [3.8, 4) is 0 Å². The largest absolute Gasteiger partial charge is 0.0882 e. The van der Waals surface area contributed by atoms with Crippen LogP contribution in [0.15, 0.2) is 42.5 Å². The van der Waals surface area contributed by atoms with Crippen molar-refractivity contribution in [1.82, 2.24) is 0 Å². The van der Waals surface area contributed by atoms with E-state index in [-0.39, 0.29) is 0 Å². The molecule has 1 aromatic carbocycles. The van der Waals surface area contributed by atoms with Crippen molar-refractivity contribution in [2.75, 3.05) is 0 Å². The van der Waals surface area contributed by atoms with Crippen molar-refractivity contribution < 1.29 is 0 Å². The summed E-state index contributed by atoms with van der Waals surface area (Å²) >= 11 is 0. The topological polar surface area (TPSA) is 0 Å². The maximum Gasteiger partial charge on any atom is -0.0236 e. The average molecular weight is 244 g/mol. The van der Waals surface area contributed by atoms with Crippen molar-refractivity contribution in [2.45, 2.75) is 58.8 Å². The summed E-state index contributed by atoms with van der Waals surface area (Å²) in [7, 11) is 0. The first-order valence-electron chi connectivity index (χ1n) is 7.57. The maximum atomic E-state index is 2.45. The minimum absolute atomic E-state index is 0.807. The van der Waals surface area contributed by atoms with Crippen LogP contribution < -0.4 is 0 Å². The predicted molar refractivity (Wildman–Crippen MR) is 81.8 cm³/mol. The number of unbranched alkanes of at least 4 members (excludes halogenated alkanes) is 2. The number of hydrogen-bond acceptors (Lipinski definition) is 0. The minimum atomic E-state index is 0.807. The quantitative estimate of drug-likeness (QED) is 0.381. The lowest BCUT2D eigenvalue weighted by atomic mass is 9.98. The van der Waals surface area contributed by atoms with Gasteiger partial charge in [0.1, 0.15) is 0 Å². The third-order valence-corrected chi connectivity index (χ3v) is 3.54. The zero-order chi connectivity index (χ0) is 13.1. The van der Waals surface area contributed by atoms with E-state index in [2.05, 4.69) is 56.3 Å². The van der Waals surface area contributed by atoms with Gasteiger partial charge < -0.3 is 0 Å². The van der Waals surface area contributed by atoms with Crippen LogP contribution >= 0.6 is 0 Å². The van der Waals surface area contributed by atoms with Crippen LogP contribution in [0.4, 0.5) is 0 Å². The number of benzene rings is 1. The van der Waals surface area contributed by atoms with Crippen molar-refractivity contribution in [2.24, 2.45) is 5.92 Å². The van der Waals surface area contributed by atoms with Gasteiger partial charge in [0.15, 0.2) is 0 Å². The zero-order valence-electron chi connectivity index (χ0n) is 12.1. The summed E-state index contributed by atoms with van der Waals surface area (Å²) in [6, 6.07) is 10.8. The van der Waals surface area contributed by atoms with Gasteiger partial charge in [0.2, 0.25) is 0 Å². The van der Waals surface area contributed by atoms with Crippen molar-refractivity contribution >= 4 is 0 Å². The Kier molecular flexibility index (Phi) is 8.29. The monoisotopic (exact) mass is 244 g/mol. The van der Waals surface area contributed by atoms with E-state index in [0.29, 0.717) is 0 Å². The van der Waals surface area contributed by atoms with Crippen LogP contribution in [0.3, 0.4) is 0 Å². The van der Waals surface area contributed by atoms with E-state index in [9.17, 15) is 0 Å². The van der Waals surface area contributed by atoms with Crippen molar-refractivity contribution in [1.29, 1.82) is 0 Å². The second kappa shape index (κ2) is 9.94. The fourth-order valence-electron chi connectivity index (χ4n) is 2.26. The molecule has 18 heavy (non-hydrogen) atoms. The second-order valence-electron chi connectivity index (χ2n) is 5.12. The van der Waals surface area contributed by atoms with Gasteiger partial charge in [-0.25, -0.2) is 0 Å². The third kappa shape index (κ3) is 6.64. The molecule has 0 aliphatic heterocycles. The molecule has 1 atom stereocenters. The van der Waals surface area contributed by atoms with Crippen LogP contribution in [0.25, 0.3) is 0 Å². The molecule has 0 fully saturated rings. The third-order valence-electron chi connectivity index (χ3n) is 3.54. The van der Waals surface area contributed by atoms with Gasteiger partial charge in [-0.2, -0.15) is 0 Å². The molecule has 0 aliphatic rings. The highest BCUT2D eigenvalue weighted by Gasteiger charge is 1.99. The fraction of sp³-hybridized carbons (Fsp3) is 0.556. The molecule has 0 spiro atoms. The van der Waals surface area contributed by atoms with Crippen LogP contribution in [0, 0.1) is 5.92 Å². The van der Waals surface area contributed by atoms with Crippen LogP contribution in [0.1, 0.15) is 57.9 Å². The van der Waals surface area contributed by atoms with E-state index in [0.717, 1.165) is 5.92 Å². The maximum absolute atomic E-state index is 2.45. The van der Waals surface area contributed by atoms with Crippen LogP contribution in [0.2, 0.25) is 0 Å². The molecular weight excluding hydrogens is 216 g/mol. The number of allylic oxidation sites excluding steroid dienone is 2. The highest BCUT2D eigenvalue weighted by molar-refractivity contribution is 5.14. The van der Waals surface area contributed by atoms with Crippen molar-refractivity contribution in [3.05, 3.63) is 48.0 Å². The molecule has 0 aromatic heterocycles. The Hall–Kier alpha value is -1.04. The van der Waals surface area contributed by atoms with Gasteiger partial charge in [0.05, 0.1) is 0 Å². The number of rotatable bonds is 9. The summed E-state index contributed by atoms with van der Waals surface area (Å²) in [4.78, 5) is 0. The molecule has 0 saturated carbocycles. The van der Waals surface area contributed by atoms with Crippen molar-refractivity contribution in [3.63, 3.8) is 0 Å². The van der Waals surface area contributed by atoms with Gasteiger partial charge in [0.25, 0.3) is 0 Å². The summed E-state index contributed by atoms with van der Waals surface area (Å²) in [6.07, 6.45) is 13.9. The predicted octanol–water partition coefficient (Wildman–Crippen LogP) is 5.78. The molecule has 100 valence electrons. The molecule has 0 bridgehead atoms. The van der Waals surface area contributed by atoms with E-state index in [4.69, 9.17) is 0 Å².